The first kappa shape index (κ1) is 9.98. The Hall–Kier alpha value is -1.55. The van der Waals surface area contributed by atoms with E-state index in [2.05, 4.69) is 17.4 Å². The molecule has 4 nitrogen and oxygen atoms in total. The summed E-state index contributed by atoms with van der Waals surface area (Å²) in [5.41, 5.74) is 0.894. The van der Waals surface area contributed by atoms with Crippen molar-refractivity contribution in [2.45, 2.75) is 26.4 Å². The fraction of sp³-hybridized carbons (Fsp3) is 0.364. The van der Waals surface area contributed by atoms with Crippen molar-refractivity contribution < 1.29 is 8.94 Å². The first-order valence-corrected chi connectivity index (χ1v) is 4.94. The van der Waals surface area contributed by atoms with Crippen LogP contribution in [0, 0.1) is 6.92 Å². The SMILES string of the molecule is Cc1ccc(C(C)NCc2ccon2)o1. The Bertz CT molecular complexity index is 406. The molecule has 2 aromatic rings. The van der Waals surface area contributed by atoms with E-state index in [-0.39, 0.29) is 6.04 Å². The predicted molar refractivity (Wildman–Crippen MR) is 55.2 cm³/mol. The highest BCUT2D eigenvalue weighted by atomic mass is 16.5. The van der Waals surface area contributed by atoms with Crippen molar-refractivity contribution in [3.63, 3.8) is 0 Å². The van der Waals surface area contributed by atoms with Crippen LogP contribution in [0.1, 0.15) is 30.2 Å². The molecule has 0 amide bonds. The molecular formula is C11H14N2O2. The Morgan fingerprint density at radius 1 is 1.40 bits per heavy atom. The first-order chi connectivity index (χ1) is 7.25. The smallest absolute Gasteiger partial charge is 0.124 e. The molecule has 0 bridgehead atoms. The van der Waals surface area contributed by atoms with E-state index in [4.69, 9.17) is 8.94 Å². The molecule has 2 rings (SSSR count). The zero-order chi connectivity index (χ0) is 10.7. The molecular weight excluding hydrogens is 192 g/mol. The van der Waals surface area contributed by atoms with E-state index in [1.54, 1.807) is 6.26 Å². The number of hydrogen-bond acceptors (Lipinski definition) is 4. The minimum absolute atomic E-state index is 0.176. The van der Waals surface area contributed by atoms with Gasteiger partial charge in [0, 0.05) is 12.6 Å². The molecule has 0 aliphatic heterocycles. The van der Waals surface area contributed by atoms with Crippen LogP contribution in [-0.2, 0) is 6.54 Å². The molecule has 4 heteroatoms. The number of nitrogens with one attached hydrogen (secondary N) is 1. The molecule has 0 saturated carbocycles. The van der Waals surface area contributed by atoms with Gasteiger partial charge < -0.3 is 14.3 Å². The summed E-state index contributed by atoms with van der Waals surface area (Å²) in [4.78, 5) is 0. The monoisotopic (exact) mass is 206 g/mol. The standard InChI is InChI=1S/C11H14N2O2/c1-8-3-4-11(15-8)9(2)12-7-10-5-6-14-13-10/h3-6,9,12H,7H2,1-2H3. The largest absolute Gasteiger partial charge is 0.465 e. The van der Waals surface area contributed by atoms with Crippen LogP contribution in [0.4, 0.5) is 0 Å². The molecule has 80 valence electrons. The van der Waals surface area contributed by atoms with Gasteiger partial charge in [0.25, 0.3) is 0 Å². The fourth-order valence-corrected chi connectivity index (χ4v) is 1.37. The maximum Gasteiger partial charge on any atom is 0.124 e. The number of hydrogen-bond donors (Lipinski definition) is 1. The second-order valence-electron chi connectivity index (χ2n) is 3.54. The van der Waals surface area contributed by atoms with Crippen LogP contribution in [0.5, 0.6) is 0 Å². The van der Waals surface area contributed by atoms with Gasteiger partial charge in [-0.3, -0.25) is 0 Å². The molecule has 15 heavy (non-hydrogen) atoms. The second kappa shape index (κ2) is 4.31. The van der Waals surface area contributed by atoms with Crippen molar-refractivity contribution in [1.82, 2.24) is 10.5 Å². The van der Waals surface area contributed by atoms with Gasteiger partial charge in [-0.05, 0) is 26.0 Å². The van der Waals surface area contributed by atoms with Crippen molar-refractivity contribution in [3.8, 4) is 0 Å². The number of aryl methyl sites for hydroxylation is 1. The Morgan fingerprint density at radius 3 is 2.87 bits per heavy atom. The topological polar surface area (TPSA) is 51.2 Å². The third-order valence-electron chi connectivity index (χ3n) is 2.27. The van der Waals surface area contributed by atoms with Crippen LogP contribution in [0.3, 0.4) is 0 Å². The average molecular weight is 206 g/mol. The predicted octanol–water partition coefficient (Wildman–Crippen LogP) is 2.43. The summed E-state index contributed by atoms with van der Waals surface area (Å²) in [5.74, 6) is 1.87. The van der Waals surface area contributed by atoms with Gasteiger partial charge in [-0.25, -0.2) is 0 Å². The summed E-state index contributed by atoms with van der Waals surface area (Å²) in [6.45, 7) is 4.67. The lowest BCUT2D eigenvalue weighted by molar-refractivity contribution is 0.392. The molecule has 1 N–H and O–H groups in total. The maximum atomic E-state index is 5.51. The summed E-state index contributed by atoms with van der Waals surface area (Å²) in [7, 11) is 0. The molecule has 0 radical (unpaired) electrons. The summed E-state index contributed by atoms with van der Waals surface area (Å²) in [6.07, 6.45) is 1.57. The minimum Gasteiger partial charge on any atom is -0.465 e. The first-order valence-electron chi connectivity index (χ1n) is 4.94. The normalized spacial score (nSPS) is 12.9. The van der Waals surface area contributed by atoms with Crippen LogP contribution >= 0.6 is 0 Å². The average Bonchev–Trinajstić information content (AvgIpc) is 2.84. The summed E-state index contributed by atoms with van der Waals surface area (Å²) in [5, 5.41) is 7.12. The third kappa shape index (κ3) is 2.47. The van der Waals surface area contributed by atoms with Crippen molar-refractivity contribution in [1.29, 1.82) is 0 Å². The zero-order valence-electron chi connectivity index (χ0n) is 8.86. The Morgan fingerprint density at radius 2 is 2.27 bits per heavy atom. The van der Waals surface area contributed by atoms with E-state index in [9.17, 15) is 0 Å². The number of aromatic nitrogens is 1. The van der Waals surface area contributed by atoms with Crippen LogP contribution in [-0.4, -0.2) is 5.16 Å². The molecule has 0 spiro atoms. The number of rotatable bonds is 4. The van der Waals surface area contributed by atoms with Gasteiger partial charge in [-0.1, -0.05) is 5.16 Å². The quantitative estimate of drug-likeness (QED) is 0.834. The molecule has 1 atom stereocenters. The highest BCUT2D eigenvalue weighted by Crippen LogP contribution is 2.15. The van der Waals surface area contributed by atoms with E-state index in [1.165, 1.54) is 0 Å². The summed E-state index contributed by atoms with van der Waals surface area (Å²) in [6, 6.07) is 5.96. The number of nitrogens with zero attached hydrogens (tertiary/aromatic N) is 1. The highest BCUT2D eigenvalue weighted by Gasteiger charge is 2.09. The molecule has 0 saturated heterocycles. The van der Waals surface area contributed by atoms with E-state index >= 15 is 0 Å². The minimum atomic E-state index is 0.176. The lowest BCUT2D eigenvalue weighted by Crippen LogP contribution is -2.17. The maximum absolute atomic E-state index is 5.51. The fourth-order valence-electron chi connectivity index (χ4n) is 1.37. The van der Waals surface area contributed by atoms with E-state index in [0.717, 1.165) is 17.2 Å². The second-order valence-corrected chi connectivity index (χ2v) is 3.54. The lowest BCUT2D eigenvalue weighted by Gasteiger charge is -2.09. The van der Waals surface area contributed by atoms with Crippen molar-refractivity contribution >= 4 is 0 Å². The van der Waals surface area contributed by atoms with Gasteiger partial charge >= 0.3 is 0 Å². The molecule has 0 aromatic carbocycles. The Kier molecular flexibility index (Phi) is 2.87. The highest BCUT2D eigenvalue weighted by molar-refractivity contribution is 5.09. The molecule has 1 unspecified atom stereocenters. The van der Waals surface area contributed by atoms with Gasteiger partial charge in [0.15, 0.2) is 0 Å². The Labute approximate surface area is 88.3 Å². The van der Waals surface area contributed by atoms with E-state index in [0.29, 0.717) is 6.54 Å². The van der Waals surface area contributed by atoms with Gasteiger partial charge in [0.2, 0.25) is 0 Å². The van der Waals surface area contributed by atoms with Crippen LogP contribution in [0.15, 0.2) is 33.4 Å². The van der Waals surface area contributed by atoms with Crippen molar-refractivity contribution in [2.75, 3.05) is 0 Å². The van der Waals surface area contributed by atoms with Gasteiger partial charge in [-0.2, -0.15) is 0 Å². The third-order valence-corrected chi connectivity index (χ3v) is 2.27. The van der Waals surface area contributed by atoms with Gasteiger partial charge in [0.05, 0.1) is 11.7 Å². The molecule has 0 aliphatic carbocycles. The summed E-state index contributed by atoms with van der Waals surface area (Å²) >= 11 is 0. The molecule has 0 fully saturated rings. The number of furan rings is 1. The van der Waals surface area contributed by atoms with Crippen LogP contribution < -0.4 is 5.32 Å². The van der Waals surface area contributed by atoms with Crippen molar-refractivity contribution in [2.24, 2.45) is 0 Å². The molecule has 2 heterocycles. The van der Waals surface area contributed by atoms with Crippen LogP contribution in [0.2, 0.25) is 0 Å². The zero-order valence-corrected chi connectivity index (χ0v) is 8.86. The van der Waals surface area contributed by atoms with Crippen LogP contribution in [0.25, 0.3) is 0 Å². The van der Waals surface area contributed by atoms with Gasteiger partial charge in [-0.15, -0.1) is 0 Å². The van der Waals surface area contributed by atoms with E-state index < -0.39 is 0 Å². The Balaban J connectivity index is 1.90. The molecule has 2 aromatic heterocycles. The summed E-state index contributed by atoms with van der Waals surface area (Å²) < 4.78 is 10.3. The van der Waals surface area contributed by atoms with Gasteiger partial charge in [0.1, 0.15) is 17.8 Å². The van der Waals surface area contributed by atoms with Crippen molar-refractivity contribution in [3.05, 3.63) is 41.7 Å². The lowest BCUT2D eigenvalue weighted by atomic mass is 10.2. The molecule has 0 aliphatic rings. The van der Waals surface area contributed by atoms with E-state index in [1.807, 2.05) is 25.1 Å².